The van der Waals surface area contributed by atoms with Crippen LogP contribution >= 0.6 is 38.9 Å². The maximum Gasteiger partial charge on any atom is 0.344 e. The van der Waals surface area contributed by atoms with Crippen molar-refractivity contribution in [3.05, 3.63) is 82.4 Å². The van der Waals surface area contributed by atoms with Crippen molar-refractivity contribution in [2.24, 2.45) is 4.99 Å². The second kappa shape index (κ2) is 14.0. The minimum atomic E-state index is -0.820. The van der Waals surface area contributed by atoms with E-state index in [0.29, 0.717) is 49.6 Å². The van der Waals surface area contributed by atoms with Crippen molar-refractivity contribution < 1.29 is 33.3 Å². The van der Waals surface area contributed by atoms with E-state index in [1.165, 1.54) is 17.9 Å². The van der Waals surface area contributed by atoms with E-state index < -0.39 is 18.0 Å². The van der Waals surface area contributed by atoms with Crippen molar-refractivity contribution in [1.82, 2.24) is 4.57 Å². The van der Waals surface area contributed by atoms with E-state index in [0.717, 1.165) is 11.3 Å². The van der Waals surface area contributed by atoms with E-state index in [2.05, 4.69) is 20.9 Å². The molecule has 3 aromatic rings. The molecule has 1 aliphatic rings. The van der Waals surface area contributed by atoms with Crippen LogP contribution in [0, 0.1) is 0 Å². The first-order valence-electron chi connectivity index (χ1n) is 13.0. The highest BCUT2D eigenvalue weighted by atomic mass is 79.9. The summed E-state index contributed by atoms with van der Waals surface area (Å²) in [4.78, 5) is 43.1. The Morgan fingerprint density at radius 3 is 2.48 bits per heavy atom. The number of nitrogens with zero attached hydrogens (tertiary/aromatic N) is 2. The lowest BCUT2D eigenvalue weighted by atomic mass is 9.97. The van der Waals surface area contributed by atoms with Gasteiger partial charge >= 0.3 is 11.9 Å². The number of carbonyl (C=O) groups is 2. The molecule has 2 heterocycles. The van der Waals surface area contributed by atoms with E-state index >= 15 is 0 Å². The van der Waals surface area contributed by atoms with Gasteiger partial charge in [-0.2, -0.15) is 0 Å². The van der Waals surface area contributed by atoms with Gasteiger partial charge in [-0.3, -0.25) is 9.36 Å². The third-order valence-electron chi connectivity index (χ3n) is 5.97. The molecule has 1 atom stereocenters. The first kappa shape index (κ1) is 31.3. The van der Waals surface area contributed by atoms with Gasteiger partial charge in [0.25, 0.3) is 5.56 Å². The number of halogens is 2. The van der Waals surface area contributed by atoms with Gasteiger partial charge in [-0.15, -0.1) is 0 Å². The average molecular weight is 680 g/mol. The van der Waals surface area contributed by atoms with E-state index in [1.54, 1.807) is 43.3 Å². The molecule has 0 unspecified atom stereocenters. The number of hydrogen-bond acceptors (Lipinski definition) is 10. The summed E-state index contributed by atoms with van der Waals surface area (Å²) >= 11 is 11.0. The minimum absolute atomic E-state index is 0.192. The van der Waals surface area contributed by atoms with Gasteiger partial charge in [0.1, 0.15) is 0 Å². The number of benzene rings is 2. The fraction of sp³-hybridized carbons (Fsp3) is 0.310. The summed E-state index contributed by atoms with van der Waals surface area (Å²) in [5.41, 5.74) is 1.05. The fourth-order valence-corrected chi connectivity index (χ4v) is 6.23. The Kier molecular flexibility index (Phi) is 10.5. The maximum atomic E-state index is 13.8. The largest absolute Gasteiger partial charge is 0.490 e. The lowest BCUT2D eigenvalue weighted by Crippen LogP contribution is -2.39. The molecule has 0 bridgehead atoms. The monoisotopic (exact) mass is 678 g/mol. The van der Waals surface area contributed by atoms with Crippen molar-refractivity contribution in [2.75, 3.05) is 33.5 Å². The molecule has 0 spiro atoms. The minimum Gasteiger partial charge on any atom is -0.490 e. The number of thiazole rings is 1. The third kappa shape index (κ3) is 6.71. The molecule has 0 amide bonds. The fourth-order valence-electron chi connectivity index (χ4n) is 4.27. The van der Waals surface area contributed by atoms with Gasteiger partial charge in [-0.25, -0.2) is 14.6 Å². The summed E-state index contributed by atoms with van der Waals surface area (Å²) < 4.78 is 29.2. The molecule has 2 aromatic carbocycles. The Balaban J connectivity index is 1.79. The summed E-state index contributed by atoms with van der Waals surface area (Å²) in [6.07, 6.45) is 3.09. The molecule has 4 rings (SSSR count). The molecule has 0 N–H and O–H groups in total. The molecule has 1 aromatic heterocycles. The number of methoxy groups -OCH3 is 1. The van der Waals surface area contributed by atoms with Crippen molar-refractivity contribution in [1.29, 1.82) is 0 Å². The quantitative estimate of drug-likeness (QED) is 0.278. The number of rotatable bonds is 11. The van der Waals surface area contributed by atoms with E-state index in [9.17, 15) is 14.4 Å². The van der Waals surface area contributed by atoms with Crippen LogP contribution in [0.25, 0.3) is 6.08 Å². The van der Waals surface area contributed by atoms with Crippen LogP contribution in [0.4, 0.5) is 0 Å². The van der Waals surface area contributed by atoms with Crippen LogP contribution in [0.2, 0.25) is 5.02 Å². The maximum absolute atomic E-state index is 13.8. The Morgan fingerprint density at radius 2 is 1.81 bits per heavy atom. The summed E-state index contributed by atoms with van der Waals surface area (Å²) in [5, 5.41) is 0.233. The normalized spacial score (nSPS) is 14.4. The van der Waals surface area contributed by atoms with Crippen molar-refractivity contribution in [2.45, 2.75) is 26.8 Å². The number of hydrogen-bond donors (Lipinski definition) is 0. The molecule has 0 saturated carbocycles. The van der Waals surface area contributed by atoms with Crippen LogP contribution in [-0.2, 0) is 19.1 Å². The van der Waals surface area contributed by atoms with Crippen LogP contribution < -0.4 is 29.1 Å². The van der Waals surface area contributed by atoms with Crippen molar-refractivity contribution >= 4 is 56.9 Å². The highest BCUT2D eigenvalue weighted by molar-refractivity contribution is 9.10. The van der Waals surface area contributed by atoms with E-state index in [4.69, 9.17) is 35.3 Å². The molecule has 0 saturated heterocycles. The first-order valence-corrected chi connectivity index (χ1v) is 15.0. The molecule has 0 fully saturated rings. The van der Waals surface area contributed by atoms with Crippen LogP contribution in [0.3, 0.4) is 0 Å². The summed E-state index contributed by atoms with van der Waals surface area (Å²) in [6, 6.07) is 7.79. The molecule has 42 heavy (non-hydrogen) atoms. The Bertz CT molecular complexity index is 1690. The molecular weight excluding hydrogens is 652 g/mol. The molecular formula is C29H28BrClN2O8S. The van der Waals surface area contributed by atoms with Gasteiger partial charge in [0.05, 0.1) is 52.6 Å². The highest BCUT2D eigenvalue weighted by Gasteiger charge is 2.31. The lowest BCUT2D eigenvalue weighted by molar-refractivity contribution is -0.145. The van der Waals surface area contributed by atoms with Crippen molar-refractivity contribution in [3.8, 4) is 17.2 Å². The number of aromatic nitrogens is 1. The van der Waals surface area contributed by atoms with Crippen LogP contribution in [0.15, 0.2) is 56.4 Å². The molecule has 0 radical (unpaired) electrons. The predicted molar refractivity (Wildman–Crippen MR) is 161 cm³/mol. The highest BCUT2D eigenvalue weighted by Crippen LogP contribution is 2.36. The number of carbonyl (C=O) groups excluding carboxylic acids is 2. The average Bonchev–Trinajstić information content (AvgIpc) is 3.27. The van der Waals surface area contributed by atoms with Gasteiger partial charge in [0.15, 0.2) is 28.7 Å². The Morgan fingerprint density at radius 1 is 1.07 bits per heavy atom. The SMILES string of the molecule is CCOC(=O)COc1c(Cl)cc(/C=c2\sc3n(c2=O)[C@@H](c2ccc(OCC)c(OCC)c2)C(C(=O)OC)=CN=3)cc1Br. The number of fused-ring (bicyclic) bond motifs is 1. The second-order valence-corrected chi connectivity index (χ2v) is 10.9. The standard InChI is InChI=1S/C29H28BrClN2O8S/c1-5-38-21-9-8-17(13-22(21)39-6-2)25-18(28(36)37-4)14-32-29-33(25)27(35)23(42-29)12-16-10-19(30)26(20(31)11-16)41-15-24(34)40-7-3/h8-14,25H,5-7,15H2,1-4H3/b23-12-/t25-/m0/s1. The summed E-state index contributed by atoms with van der Waals surface area (Å²) in [6.45, 7) is 6.21. The Labute approximate surface area is 258 Å². The molecule has 1 aliphatic heterocycles. The zero-order chi connectivity index (χ0) is 30.4. The smallest absolute Gasteiger partial charge is 0.344 e. The topological polar surface area (TPSA) is 115 Å². The lowest BCUT2D eigenvalue weighted by Gasteiger charge is -2.23. The number of ether oxygens (including phenoxy) is 5. The molecule has 222 valence electrons. The molecule has 13 heteroatoms. The van der Waals surface area contributed by atoms with Crippen molar-refractivity contribution in [3.63, 3.8) is 0 Å². The second-order valence-electron chi connectivity index (χ2n) is 8.66. The first-order chi connectivity index (χ1) is 20.2. The van der Waals surface area contributed by atoms with E-state index in [1.807, 2.05) is 13.8 Å². The van der Waals surface area contributed by atoms with Gasteiger partial charge in [0, 0.05) is 6.20 Å². The van der Waals surface area contributed by atoms with E-state index in [-0.39, 0.29) is 35.1 Å². The van der Waals surface area contributed by atoms with Crippen LogP contribution in [0.1, 0.15) is 37.9 Å². The molecule has 10 nitrogen and oxygen atoms in total. The Hall–Kier alpha value is -3.61. The number of esters is 2. The zero-order valence-electron chi connectivity index (χ0n) is 23.3. The van der Waals surface area contributed by atoms with Crippen LogP contribution in [0.5, 0.6) is 17.2 Å². The third-order valence-corrected chi connectivity index (χ3v) is 7.83. The molecule has 0 aliphatic carbocycles. The zero-order valence-corrected chi connectivity index (χ0v) is 26.4. The van der Waals surface area contributed by atoms with Gasteiger partial charge in [-0.1, -0.05) is 29.0 Å². The summed E-state index contributed by atoms with van der Waals surface area (Å²) in [7, 11) is 1.27. The summed E-state index contributed by atoms with van der Waals surface area (Å²) in [5.74, 6) is 0.180. The predicted octanol–water partition coefficient (Wildman–Crippen LogP) is 4.17. The van der Waals surface area contributed by atoms with Gasteiger partial charge < -0.3 is 23.7 Å². The van der Waals surface area contributed by atoms with Crippen LogP contribution in [-0.4, -0.2) is 50.0 Å². The van der Waals surface area contributed by atoms with Gasteiger partial charge in [0.2, 0.25) is 0 Å². The van der Waals surface area contributed by atoms with Gasteiger partial charge in [-0.05, 0) is 78.2 Å².